The van der Waals surface area contributed by atoms with Gasteiger partial charge in [-0.15, -0.1) is 0 Å². The average Bonchev–Trinajstić information content (AvgIpc) is 2.43. The highest BCUT2D eigenvalue weighted by molar-refractivity contribution is 6.04. The molecule has 0 saturated heterocycles. The fourth-order valence-corrected chi connectivity index (χ4v) is 2.25. The second-order valence-corrected chi connectivity index (χ2v) is 4.84. The van der Waals surface area contributed by atoms with Gasteiger partial charge in [-0.1, -0.05) is 18.6 Å². The minimum absolute atomic E-state index is 0.0842. The van der Waals surface area contributed by atoms with Crippen LogP contribution in [-0.2, 0) is 0 Å². The van der Waals surface area contributed by atoms with Gasteiger partial charge < -0.3 is 10.6 Å². The summed E-state index contributed by atoms with van der Waals surface area (Å²) in [6, 6.07) is 5.75. The second-order valence-electron chi connectivity index (χ2n) is 4.84. The molecule has 0 aliphatic rings. The van der Waals surface area contributed by atoms with Crippen molar-refractivity contribution in [3.05, 3.63) is 29.5 Å². The molecule has 0 fully saturated rings. The van der Waals surface area contributed by atoms with E-state index in [1.54, 1.807) is 4.90 Å². The number of nitrogens with two attached hydrogens (primary N) is 1. The lowest BCUT2D eigenvalue weighted by molar-refractivity contribution is 0.0761. The van der Waals surface area contributed by atoms with Crippen LogP contribution in [0.25, 0.3) is 10.9 Å². The topological polar surface area (TPSA) is 72.1 Å². The van der Waals surface area contributed by atoms with Crippen LogP contribution in [0.1, 0.15) is 36.3 Å². The van der Waals surface area contributed by atoms with Crippen molar-refractivity contribution in [3.63, 3.8) is 0 Å². The van der Waals surface area contributed by atoms with E-state index in [1.807, 2.05) is 39.0 Å². The Labute approximate surface area is 118 Å². The maximum absolute atomic E-state index is 12.6. The smallest absolute Gasteiger partial charge is 0.273 e. The van der Waals surface area contributed by atoms with E-state index in [-0.39, 0.29) is 11.9 Å². The van der Waals surface area contributed by atoms with Gasteiger partial charge in [-0.05, 0) is 32.4 Å². The molecule has 1 amide bonds. The number of fused-ring (bicyclic) bond motifs is 1. The van der Waals surface area contributed by atoms with E-state index in [0.717, 1.165) is 17.4 Å². The Balaban J connectivity index is 2.57. The number of carbonyl (C=O) groups is 1. The highest BCUT2D eigenvalue weighted by atomic mass is 16.2. The van der Waals surface area contributed by atoms with Gasteiger partial charge in [-0.2, -0.15) is 0 Å². The van der Waals surface area contributed by atoms with Gasteiger partial charge in [0.05, 0.1) is 5.52 Å². The van der Waals surface area contributed by atoms with E-state index in [4.69, 9.17) is 5.73 Å². The summed E-state index contributed by atoms with van der Waals surface area (Å²) in [5.74, 6) is 0.0521. The zero-order chi connectivity index (χ0) is 14.7. The van der Waals surface area contributed by atoms with Gasteiger partial charge in [0.25, 0.3) is 5.91 Å². The van der Waals surface area contributed by atoms with Crippen molar-refractivity contribution in [3.8, 4) is 0 Å². The minimum Gasteiger partial charge on any atom is -0.368 e. The van der Waals surface area contributed by atoms with E-state index < -0.39 is 0 Å². The molecule has 0 aliphatic carbocycles. The molecule has 5 heteroatoms. The van der Waals surface area contributed by atoms with Crippen LogP contribution in [0.4, 0.5) is 5.95 Å². The van der Waals surface area contributed by atoms with Crippen LogP contribution in [-0.4, -0.2) is 33.9 Å². The van der Waals surface area contributed by atoms with Crippen LogP contribution in [0.3, 0.4) is 0 Å². The molecule has 0 bridgehead atoms. The van der Waals surface area contributed by atoms with Crippen LogP contribution < -0.4 is 5.73 Å². The number of hydrogen-bond donors (Lipinski definition) is 1. The third kappa shape index (κ3) is 2.71. The summed E-state index contributed by atoms with van der Waals surface area (Å²) >= 11 is 0. The molecular formula is C15H20N4O. The summed E-state index contributed by atoms with van der Waals surface area (Å²) < 4.78 is 0. The van der Waals surface area contributed by atoms with E-state index in [0.29, 0.717) is 24.3 Å². The van der Waals surface area contributed by atoms with Gasteiger partial charge in [-0.25, -0.2) is 9.97 Å². The summed E-state index contributed by atoms with van der Waals surface area (Å²) in [5.41, 5.74) is 7.89. The van der Waals surface area contributed by atoms with E-state index in [2.05, 4.69) is 9.97 Å². The number of aryl methyl sites for hydroxylation is 1. The van der Waals surface area contributed by atoms with Crippen LogP contribution in [0.15, 0.2) is 18.2 Å². The fourth-order valence-electron chi connectivity index (χ4n) is 2.25. The molecule has 1 aromatic heterocycles. The molecule has 0 aliphatic heterocycles. The Kier molecular flexibility index (Phi) is 4.17. The predicted molar refractivity (Wildman–Crippen MR) is 80.6 cm³/mol. The molecule has 106 valence electrons. The number of rotatable bonds is 4. The molecule has 1 heterocycles. The zero-order valence-corrected chi connectivity index (χ0v) is 12.2. The summed E-state index contributed by atoms with van der Waals surface area (Å²) in [7, 11) is 0. The van der Waals surface area contributed by atoms with Crippen molar-refractivity contribution in [1.29, 1.82) is 0 Å². The maximum Gasteiger partial charge on any atom is 0.273 e. The lowest BCUT2D eigenvalue weighted by Crippen LogP contribution is -2.32. The fraction of sp³-hybridized carbons (Fsp3) is 0.400. The molecule has 2 aromatic rings. The van der Waals surface area contributed by atoms with Crippen molar-refractivity contribution >= 4 is 22.8 Å². The molecule has 5 nitrogen and oxygen atoms in total. The number of amides is 1. The first kappa shape index (κ1) is 14.2. The van der Waals surface area contributed by atoms with Crippen molar-refractivity contribution in [2.75, 3.05) is 18.8 Å². The number of nitrogens with zero attached hydrogens (tertiary/aromatic N) is 3. The minimum atomic E-state index is -0.0842. The number of nitrogen functional groups attached to an aromatic ring is 1. The predicted octanol–water partition coefficient (Wildman–Crippen LogP) is 2.39. The summed E-state index contributed by atoms with van der Waals surface area (Å²) in [6.45, 7) is 7.36. The molecule has 0 spiro atoms. The van der Waals surface area contributed by atoms with Gasteiger partial charge in [0, 0.05) is 18.5 Å². The largest absolute Gasteiger partial charge is 0.368 e. The van der Waals surface area contributed by atoms with Gasteiger partial charge in [0.2, 0.25) is 5.95 Å². The number of carbonyl (C=O) groups excluding carboxylic acids is 1. The molecule has 0 unspecified atom stereocenters. The quantitative estimate of drug-likeness (QED) is 0.927. The van der Waals surface area contributed by atoms with Gasteiger partial charge in [-0.3, -0.25) is 4.79 Å². The molecule has 1 aromatic carbocycles. The van der Waals surface area contributed by atoms with E-state index >= 15 is 0 Å². The van der Waals surface area contributed by atoms with Crippen molar-refractivity contribution in [2.45, 2.75) is 27.2 Å². The lowest BCUT2D eigenvalue weighted by Gasteiger charge is -2.20. The van der Waals surface area contributed by atoms with Crippen molar-refractivity contribution in [2.24, 2.45) is 0 Å². The zero-order valence-electron chi connectivity index (χ0n) is 12.2. The van der Waals surface area contributed by atoms with E-state index in [9.17, 15) is 4.79 Å². The molecule has 20 heavy (non-hydrogen) atoms. The first-order chi connectivity index (χ1) is 9.56. The van der Waals surface area contributed by atoms with Crippen molar-refractivity contribution in [1.82, 2.24) is 14.9 Å². The Morgan fingerprint density at radius 2 is 2.05 bits per heavy atom. The molecule has 2 rings (SSSR count). The molecule has 0 atom stereocenters. The average molecular weight is 272 g/mol. The summed E-state index contributed by atoms with van der Waals surface area (Å²) in [5, 5.41) is 0.763. The first-order valence-electron chi connectivity index (χ1n) is 6.90. The van der Waals surface area contributed by atoms with Gasteiger partial charge in [0.1, 0.15) is 5.69 Å². The standard InChI is InChI=1S/C15H20N4O/c1-4-8-19(5-2)14(20)13-11-9-10(3)6-7-12(11)17-15(16)18-13/h6-7,9H,4-5,8H2,1-3H3,(H2,16,17,18). The van der Waals surface area contributed by atoms with Crippen LogP contribution in [0.5, 0.6) is 0 Å². The van der Waals surface area contributed by atoms with Gasteiger partial charge in [0.15, 0.2) is 0 Å². The Morgan fingerprint density at radius 3 is 2.70 bits per heavy atom. The van der Waals surface area contributed by atoms with Crippen LogP contribution >= 0.6 is 0 Å². The Bertz CT molecular complexity index is 639. The van der Waals surface area contributed by atoms with E-state index in [1.165, 1.54) is 0 Å². The van der Waals surface area contributed by atoms with Gasteiger partial charge >= 0.3 is 0 Å². The number of hydrogen-bond acceptors (Lipinski definition) is 4. The third-order valence-electron chi connectivity index (χ3n) is 3.23. The number of aromatic nitrogens is 2. The summed E-state index contributed by atoms with van der Waals surface area (Å²) in [6.07, 6.45) is 0.914. The first-order valence-corrected chi connectivity index (χ1v) is 6.90. The molecule has 2 N–H and O–H groups in total. The van der Waals surface area contributed by atoms with Crippen molar-refractivity contribution < 1.29 is 4.79 Å². The Hall–Kier alpha value is -2.17. The SMILES string of the molecule is CCCN(CC)C(=O)c1nc(N)nc2ccc(C)cc12. The normalized spacial score (nSPS) is 10.8. The molecular weight excluding hydrogens is 252 g/mol. The number of anilines is 1. The number of benzene rings is 1. The second kappa shape index (κ2) is 5.86. The summed E-state index contributed by atoms with van der Waals surface area (Å²) in [4.78, 5) is 22.8. The molecule has 0 saturated carbocycles. The highest BCUT2D eigenvalue weighted by Crippen LogP contribution is 2.20. The highest BCUT2D eigenvalue weighted by Gasteiger charge is 2.19. The maximum atomic E-state index is 12.6. The third-order valence-corrected chi connectivity index (χ3v) is 3.23. The molecule has 0 radical (unpaired) electrons. The van der Waals surface area contributed by atoms with Crippen LogP contribution in [0.2, 0.25) is 0 Å². The lowest BCUT2D eigenvalue weighted by atomic mass is 10.1. The Morgan fingerprint density at radius 1 is 1.30 bits per heavy atom. The van der Waals surface area contributed by atoms with Crippen LogP contribution in [0, 0.1) is 6.92 Å². The monoisotopic (exact) mass is 272 g/mol.